The molecular formula is C15H13Cl2N3O3. The van der Waals surface area contributed by atoms with Crippen molar-refractivity contribution >= 4 is 46.2 Å². The number of carbonyl (C=O) groups excluding carboxylic acids is 1. The number of hydrogen-bond donors (Lipinski definition) is 2. The highest BCUT2D eigenvalue weighted by Crippen LogP contribution is 2.26. The second kappa shape index (κ2) is 7.30. The van der Waals surface area contributed by atoms with Crippen molar-refractivity contribution in [1.29, 1.82) is 0 Å². The molecular weight excluding hydrogens is 341 g/mol. The molecule has 0 aliphatic carbocycles. The van der Waals surface area contributed by atoms with Crippen molar-refractivity contribution in [2.45, 2.75) is 12.8 Å². The predicted octanol–water partition coefficient (Wildman–Crippen LogP) is 4.06. The molecule has 3 N–H and O–H groups in total. The van der Waals surface area contributed by atoms with E-state index in [0.29, 0.717) is 27.7 Å². The largest absolute Gasteiger partial charge is 0.393 e. The zero-order chi connectivity index (χ0) is 17.0. The van der Waals surface area contributed by atoms with Crippen LogP contribution in [0.5, 0.6) is 0 Å². The summed E-state index contributed by atoms with van der Waals surface area (Å²) in [5, 5.41) is 14.3. The molecule has 2 rings (SSSR count). The smallest absolute Gasteiger partial charge is 0.292 e. The topological polar surface area (TPSA) is 98.3 Å². The highest BCUT2D eigenvalue weighted by molar-refractivity contribution is 6.36. The van der Waals surface area contributed by atoms with Crippen molar-refractivity contribution in [3.63, 3.8) is 0 Å². The van der Waals surface area contributed by atoms with Gasteiger partial charge in [0.1, 0.15) is 5.69 Å². The average molecular weight is 354 g/mol. The Morgan fingerprint density at radius 3 is 2.61 bits per heavy atom. The normalized spacial score (nSPS) is 10.3. The van der Waals surface area contributed by atoms with Gasteiger partial charge in [-0.3, -0.25) is 14.9 Å². The number of nitrogens with one attached hydrogen (secondary N) is 1. The van der Waals surface area contributed by atoms with Crippen LogP contribution < -0.4 is 11.1 Å². The molecule has 0 radical (unpaired) electrons. The average Bonchev–Trinajstić information content (AvgIpc) is 2.49. The van der Waals surface area contributed by atoms with Gasteiger partial charge in [-0.2, -0.15) is 0 Å². The number of nitrogens with zero attached hydrogens (tertiary/aromatic N) is 1. The van der Waals surface area contributed by atoms with E-state index in [1.165, 1.54) is 18.2 Å². The number of benzene rings is 2. The molecule has 0 aromatic heterocycles. The summed E-state index contributed by atoms with van der Waals surface area (Å²) < 4.78 is 0. The Labute approximate surface area is 142 Å². The summed E-state index contributed by atoms with van der Waals surface area (Å²) in [5.41, 5.74) is 6.58. The highest BCUT2D eigenvalue weighted by atomic mass is 35.5. The van der Waals surface area contributed by atoms with Crippen molar-refractivity contribution in [2.75, 3.05) is 11.1 Å². The third-order valence-corrected chi connectivity index (χ3v) is 3.69. The second-order valence-corrected chi connectivity index (χ2v) is 5.67. The zero-order valence-electron chi connectivity index (χ0n) is 11.9. The number of halogens is 2. The fourth-order valence-electron chi connectivity index (χ4n) is 1.96. The Bertz CT molecular complexity index is 766. The van der Waals surface area contributed by atoms with Crippen LogP contribution >= 0.6 is 23.2 Å². The number of nitrogen functional groups attached to an aromatic ring is 1. The molecule has 0 aliphatic rings. The summed E-state index contributed by atoms with van der Waals surface area (Å²) >= 11 is 11.8. The van der Waals surface area contributed by atoms with Crippen molar-refractivity contribution in [3.8, 4) is 0 Å². The van der Waals surface area contributed by atoms with Gasteiger partial charge in [-0.25, -0.2) is 0 Å². The van der Waals surface area contributed by atoms with Crippen LogP contribution in [0.2, 0.25) is 10.0 Å². The van der Waals surface area contributed by atoms with Gasteiger partial charge in [0.2, 0.25) is 5.91 Å². The van der Waals surface area contributed by atoms with Crippen LogP contribution in [0.3, 0.4) is 0 Å². The van der Waals surface area contributed by atoms with E-state index in [1.807, 2.05) is 0 Å². The number of nitrogens with two attached hydrogens (primary N) is 1. The summed E-state index contributed by atoms with van der Waals surface area (Å²) in [7, 11) is 0. The van der Waals surface area contributed by atoms with Gasteiger partial charge < -0.3 is 11.1 Å². The lowest BCUT2D eigenvalue weighted by molar-refractivity contribution is -0.384. The molecule has 8 heteroatoms. The molecule has 0 bridgehead atoms. The number of anilines is 2. The molecule has 0 saturated carbocycles. The van der Waals surface area contributed by atoms with Crippen molar-refractivity contribution in [3.05, 3.63) is 62.1 Å². The number of carbonyl (C=O) groups is 1. The quantitative estimate of drug-likeness (QED) is 0.481. The molecule has 0 spiro atoms. The molecule has 0 atom stereocenters. The van der Waals surface area contributed by atoms with Gasteiger partial charge in [0.05, 0.1) is 15.6 Å². The van der Waals surface area contributed by atoms with Crippen LogP contribution in [0.15, 0.2) is 36.4 Å². The number of rotatable bonds is 5. The molecule has 0 saturated heterocycles. The van der Waals surface area contributed by atoms with Gasteiger partial charge in [0.15, 0.2) is 0 Å². The van der Waals surface area contributed by atoms with E-state index in [9.17, 15) is 14.9 Å². The third kappa shape index (κ3) is 4.58. The van der Waals surface area contributed by atoms with E-state index in [2.05, 4.69) is 5.32 Å². The summed E-state index contributed by atoms with van der Waals surface area (Å²) in [4.78, 5) is 22.2. The van der Waals surface area contributed by atoms with Crippen LogP contribution in [0, 0.1) is 10.1 Å². The molecule has 0 fully saturated rings. The Morgan fingerprint density at radius 1 is 1.22 bits per heavy atom. The van der Waals surface area contributed by atoms with Gasteiger partial charge in [-0.15, -0.1) is 0 Å². The molecule has 0 heterocycles. The molecule has 0 aliphatic heterocycles. The lowest BCUT2D eigenvalue weighted by atomic mass is 10.1. The van der Waals surface area contributed by atoms with Crippen molar-refractivity contribution in [2.24, 2.45) is 0 Å². The minimum absolute atomic E-state index is 0.0937. The van der Waals surface area contributed by atoms with E-state index < -0.39 is 4.92 Å². The SMILES string of the molecule is Nc1ccc(CCC(=O)Nc2ccc(Cl)cc2Cl)cc1[N+](=O)[O-]. The molecule has 1 amide bonds. The number of nitro groups is 1. The number of hydrogen-bond acceptors (Lipinski definition) is 4. The lowest BCUT2D eigenvalue weighted by Gasteiger charge is -2.08. The highest BCUT2D eigenvalue weighted by Gasteiger charge is 2.13. The minimum atomic E-state index is -0.549. The predicted molar refractivity (Wildman–Crippen MR) is 90.9 cm³/mol. The molecule has 23 heavy (non-hydrogen) atoms. The first kappa shape index (κ1) is 17.1. The minimum Gasteiger partial charge on any atom is -0.393 e. The van der Waals surface area contributed by atoms with Crippen LogP contribution in [0.4, 0.5) is 17.1 Å². The maximum atomic E-state index is 11.9. The molecule has 120 valence electrons. The first-order valence-corrected chi connectivity index (χ1v) is 7.40. The van der Waals surface area contributed by atoms with Crippen LogP contribution in [-0.2, 0) is 11.2 Å². The molecule has 2 aromatic rings. The molecule has 0 unspecified atom stereocenters. The first-order chi connectivity index (χ1) is 10.9. The van der Waals surface area contributed by atoms with Gasteiger partial charge in [0.25, 0.3) is 5.69 Å². The van der Waals surface area contributed by atoms with Gasteiger partial charge in [-0.05, 0) is 36.2 Å². The monoisotopic (exact) mass is 353 g/mol. The summed E-state index contributed by atoms with van der Waals surface area (Å²) in [6.07, 6.45) is 0.498. The fourth-order valence-corrected chi connectivity index (χ4v) is 2.42. The molecule has 6 nitrogen and oxygen atoms in total. The van der Waals surface area contributed by atoms with E-state index in [1.54, 1.807) is 18.2 Å². The Balaban J connectivity index is 1.99. The van der Waals surface area contributed by atoms with E-state index >= 15 is 0 Å². The zero-order valence-corrected chi connectivity index (χ0v) is 13.4. The summed E-state index contributed by atoms with van der Waals surface area (Å²) in [5.74, 6) is -0.256. The fraction of sp³-hybridized carbons (Fsp3) is 0.133. The second-order valence-electron chi connectivity index (χ2n) is 4.82. The van der Waals surface area contributed by atoms with Gasteiger partial charge in [0, 0.05) is 17.5 Å². The number of amides is 1. The summed E-state index contributed by atoms with van der Waals surface area (Å²) in [6.45, 7) is 0. The van der Waals surface area contributed by atoms with E-state index in [0.717, 1.165) is 0 Å². The lowest BCUT2D eigenvalue weighted by Crippen LogP contribution is -2.12. The van der Waals surface area contributed by atoms with Crippen molar-refractivity contribution < 1.29 is 9.72 Å². The Hall–Kier alpha value is -2.31. The maximum Gasteiger partial charge on any atom is 0.292 e. The van der Waals surface area contributed by atoms with Crippen LogP contribution in [-0.4, -0.2) is 10.8 Å². The van der Waals surface area contributed by atoms with Gasteiger partial charge in [-0.1, -0.05) is 29.3 Å². The van der Waals surface area contributed by atoms with E-state index in [-0.39, 0.29) is 23.7 Å². The van der Waals surface area contributed by atoms with Crippen LogP contribution in [0.25, 0.3) is 0 Å². The van der Waals surface area contributed by atoms with Gasteiger partial charge >= 0.3 is 0 Å². The summed E-state index contributed by atoms with van der Waals surface area (Å²) in [6, 6.07) is 9.25. The maximum absolute atomic E-state index is 11.9. The number of aryl methyl sites for hydroxylation is 1. The van der Waals surface area contributed by atoms with E-state index in [4.69, 9.17) is 28.9 Å². The van der Waals surface area contributed by atoms with Crippen LogP contribution in [0.1, 0.15) is 12.0 Å². The molecule has 2 aromatic carbocycles. The Kier molecular flexibility index (Phi) is 5.41. The third-order valence-electron chi connectivity index (χ3n) is 3.14. The standard InChI is InChI=1S/C15H13Cl2N3O3/c16-10-3-5-13(11(17)8-10)19-15(21)6-2-9-1-4-12(18)14(7-9)20(22)23/h1,3-5,7-8H,2,6,18H2,(H,19,21). The number of nitro benzene ring substituents is 1. The Morgan fingerprint density at radius 2 is 1.96 bits per heavy atom. The first-order valence-electron chi connectivity index (χ1n) is 6.64. The van der Waals surface area contributed by atoms with Crippen molar-refractivity contribution in [1.82, 2.24) is 0 Å².